The number of aromatic nitrogens is 6. The minimum atomic E-state index is -0.292. The van der Waals surface area contributed by atoms with Gasteiger partial charge in [-0.15, -0.1) is 11.3 Å². The van der Waals surface area contributed by atoms with E-state index in [1.165, 1.54) is 15.5 Å². The molecule has 5 aromatic rings. The fourth-order valence-electron chi connectivity index (χ4n) is 2.98. The average Bonchev–Trinajstić information content (AvgIpc) is 3.50. The molecule has 0 bridgehead atoms. The van der Waals surface area contributed by atoms with Gasteiger partial charge in [-0.2, -0.15) is 15.2 Å². The molecule has 0 spiro atoms. The van der Waals surface area contributed by atoms with Gasteiger partial charge < -0.3 is 9.26 Å². The number of ether oxygens (including phenoxy) is 1. The van der Waals surface area contributed by atoms with Crippen molar-refractivity contribution >= 4 is 16.9 Å². The van der Waals surface area contributed by atoms with Gasteiger partial charge >= 0.3 is 0 Å². The van der Waals surface area contributed by atoms with E-state index in [4.69, 9.17) is 9.26 Å². The van der Waals surface area contributed by atoms with E-state index in [-0.39, 0.29) is 18.0 Å². The molecular weight excluding hydrogens is 392 g/mol. The normalized spacial score (nSPS) is 11.2. The van der Waals surface area contributed by atoms with E-state index in [0.29, 0.717) is 22.7 Å². The summed E-state index contributed by atoms with van der Waals surface area (Å²) < 4.78 is 13.4. The highest BCUT2D eigenvalue weighted by Gasteiger charge is 2.16. The molecule has 29 heavy (non-hydrogen) atoms. The number of thiophene rings is 1. The standard InChI is InChI=1S/C19H14N6O3S/c1-27-15-6-3-2-5-12(15)18-21-17(28-23-18)10-24-19(26)14-9-13(16-7-4-8-29-16)22-25(14)11-20-24/h2-9,11H,10H2,1H3. The number of nitrogens with zero attached hydrogens (tertiary/aromatic N) is 6. The second kappa shape index (κ2) is 6.99. The molecule has 144 valence electrons. The number of hydrogen-bond acceptors (Lipinski definition) is 8. The SMILES string of the molecule is COc1ccccc1-c1noc(Cn2ncn3nc(-c4cccs4)cc3c2=O)n1. The number of methoxy groups -OCH3 is 1. The quantitative estimate of drug-likeness (QED) is 0.442. The predicted octanol–water partition coefficient (Wildman–Crippen LogP) is 2.73. The number of para-hydroxylation sites is 1. The molecule has 5 rings (SSSR count). The Morgan fingerprint density at radius 2 is 2.10 bits per heavy atom. The number of benzene rings is 1. The van der Waals surface area contributed by atoms with Gasteiger partial charge in [-0.1, -0.05) is 23.4 Å². The summed E-state index contributed by atoms with van der Waals surface area (Å²) in [5, 5.41) is 14.5. The molecule has 0 aliphatic rings. The van der Waals surface area contributed by atoms with Crippen molar-refractivity contribution in [3.8, 4) is 27.7 Å². The highest BCUT2D eigenvalue weighted by molar-refractivity contribution is 7.13. The van der Waals surface area contributed by atoms with E-state index >= 15 is 0 Å². The van der Waals surface area contributed by atoms with Crippen LogP contribution in [-0.2, 0) is 6.54 Å². The molecule has 0 unspecified atom stereocenters. The van der Waals surface area contributed by atoms with Crippen molar-refractivity contribution in [3.63, 3.8) is 0 Å². The van der Waals surface area contributed by atoms with Crippen molar-refractivity contribution in [2.75, 3.05) is 7.11 Å². The summed E-state index contributed by atoms with van der Waals surface area (Å²) in [5.74, 6) is 1.29. The third kappa shape index (κ3) is 3.09. The summed E-state index contributed by atoms with van der Waals surface area (Å²) in [6, 6.07) is 13.0. The molecule has 0 amide bonds. The molecule has 9 nitrogen and oxygen atoms in total. The lowest BCUT2D eigenvalue weighted by Crippen LogP contribution is -2.25. The van der Waals surface area contributed by atoms with Crippen molar-refractivity contribution in [1.29, 1.82) is 0 Å². The minimum absolute atomic E-state index is 0.0526. The third-order valence-electron chi connectivity index (χ3n) is 4.36. The summed E-state index contributed by atoms with van der Waals surface area (Å²) in [5.41, 5.74) is 1.57. The van der Waals surface area contributed by atoms with Crippen LogP contribution in [0, 0.1) is 0 Å². The van der Waals surface area contributed by atoms with Crippen LogP contribution in [0.1, 0.15) is 5.89 Å². The fraction of sp³-hybridized carbons (Fsp3) is 0.105. The van der Waals surface area contributed by atoms with Gasteiger partial charge in [0, 0.05) is 0 Å². The van der Waals surface area contributed by atoms with Crippen LogP contribution in [0.4, 0.5) is 0 Å². The Balaban J connectivity index is 1.47. The third-order valence-corrected chi connectivity index (χ3v) is 5.26. The van der Waals surface area contributed by atoms with E-state index in [0.717, 1.165) is 10.6 Å². The van der Waals surface area contributed by atoms with Crippen LogP contribution in [0.15, 0.2) is 63.5 Å². The Morgan fingerprint density at radius 3 is 2.93 bits per heavy atom. The first-order chi connectivity index (χ1) is 14.2. The van der Waals surface area contributed by atoms with E-state index in [1.54, 1.807) is 24.5 Å². The van der Waals surface area contributed by atoms with Gasteiger partial charge in [-0.05, 0) is 29.6 Å². The zero-order chi connectivity index (χ0) is 19.8. The smallest absolute Gasteiger partial charge is 0.293 e. The maximum absolute atomic E-state index is 12.8. The zero-order valence-corrected chi connectivity index (χ0v) is 16.0. The maximum atomic E-state index is 12.8. The highest BCUT2D eigenvalue weighted by atomic mass is 32.1. The Hall–Kier alpha value is -3.79. The highest BCUT2D eigenvalue weighted by Crippen LogP contribution is 2.27. The van der Waals surface area contributed by atoms with Crippen LogP contribution in [0.2, 0.25) is 0 Å². The van der Waals surface area contributed by atoms with Gasteiger partial charge in [0.1, 0.15) is 29.8 Å². The first kappa shape index (κ1) is 17.3. The number of fused-ring (bicyclic) bond motifs is 1. The molecule has 0 atom stereocenters. The van der Waals surface area contributed by atoms with E-state index in [2.05, 4.69) is 20.3 Å². The summed E-state index contributed by atoms with van der Waals surface area (Å²) in [6.07, 6.45) is 1.49. The molecule has 0 fully saturated rings. The Kier molecular flexibility index (Phi) is 4.17. The van der Waals surface area contributed by atoms with Crippen molar-refractivity contribution in [1.82, 2.24) is 29.5 Å². The Morgan fingerprint density at radius 1 is 1.21 bits per heavy atom. The molecule has 0 N–H and O–H groups in total. The van der Waals surface area contributed by atoms with Gasteiger partial charge in [0.05, 0.1) is 17.6 Å². The van der Waals surface area contributed by atoms with Crippen LogP contribution in [-0.4, -0.2) is 36.6 Å². The van der Waals surface area contributed by atoms with Gasteiger partial charge in [0.25, 0.3) is 5.56 Å². The van der Waals surface area contributed by atoms with Crippen LogP contribution in [0.5, 0.6) is 5.75 Å². The van der Waals surface area contributed by atoms with Gasteiger partial charge in [0.15, 0.2) is 0 Å². The summed E-state index contributed by atoms with van der Waals surface area (Å²) in [6.45, 7) is 0.0526. The molecular formula is C19H14N6O3S. The molecule has 0 aliphatic heterocycles. The molecule has 0 radical (unpaired) electrons. The largest absolute Gasteiger partial charge is 0.496 e. The minimum Gasteiger partial charge on any atom is -0.496 e. The van der Waals surface area contributed by atoms with E-state index < -0.39 is 0 Å². The van der Waals surface area contributed by atoms with Crippen molar-refractivity contribution < 1.29 is 9.26 Å². The van der Waals surface area contributed by atoms with Crippen LogP contribution < -0.4 is 10.3 Å². The van der Waals surface area contributed by atoms with Gasteiger partial charge in [0.2, 0.25) is 11.7 Å². The van der Waals surface area contributed by atoms with Crippen molar-refractivity contribution in [2.24, 2.45) is 0 Å². The number of hydrogen-bond donors (Lipinski definition) is 0. The fourth-order valence-corrected chi connectivity index (χ4v) is 3.66. The predicted molar refractivity (Wildman–Crippen MR) is 106 cm³/mol. The second-order valence-corrected chi connectivity index (χ2v) is 7.09. The Labute approximate surface area is 167 Å². The molecule has 0 aliphatic carbocycles. The molecule has 10 heteroatoms. The molecule has 4 heterocycles. The Bertz CT molecular complexity index is 1350. The lowest BCUT2D eigenvalue weighted by molar-refractivity contribution is 0.362. The summed E-state index contributed by atoms with van der Waals surface area (Å²) in [4.78, 5) is 18.2. The number of rotatable bonds is 5. The van der Waals surface area contributed by atoms with Gasteiger partial charge in [-0.25, -0.2) is 9.20 Å². The molecule has 1 aromatic carbocycles. The molecule has 0 saturated heterocycles. The van der Waals surface area contributed by atoms with Crippen LogP contribution in [0.3, 0.4) is 0 Å². The average molecular weight is 406 g/mol. The zero-order valence-electron chi connectivity index (χ0n) is 15.2. The van der Waals surface area contributed by atoms with Crippen molar-refractivity contribution in [3.05, 3.63) is 70.4 Å². The van der Waals surface area contributed by atoms with Gasteiger partial charge in [-0.3, -0.25) is 4.79 Å². The maximum Gasteiger partial charge on any atom is 0.293 e. The second-order valence-electron chi connectivity index (χ2n) is 6.14. The molecule has 0 saturated carbocycles. The molecule has 4 aromatic heterocycles. The first-order valence-electron chi connectivity index (χ1n) is 8.68. The van der Waals surface area contributed by atoms with E-state index in [9.17, 15) is 4.79 Å². The lowest BCUT2D eigenvalue weighted by Gasteiger charge is -2.03. The van der Waals surface area contributed by atoms with Crippen molar-refractivity contribution in [2.45, 2.75) is 6.54 Å². The summed E-state index contributed by atoms with van der Waals surface area (Å²) >= 11 is 1.56. The van der Waals surface area contributed by atoms with Crippen LogP contribution >= 0.6 is 11.3 Å². The monoisotopic (exact) mass is 406 g/mol. The summed E-state index contributed by atoms with van der Waals surface area (Å²) in [7, 11) is 1.58. The lowest BCUT2D eigenvalue weighted by atomic mass is 10.2. The first-order valence-corrected chi connectivity index (χ1v) is 9.56. The van der Waals surface area contributed by atoms with Crippen LogP contribution in [0.25, 0.3) is 27.5 Å². The topological polar surface area (TPSA) is 100 Å². The van der Waals surface area contributed by atoms with E-state index in [1.807, 2.05) is 41.8 Å².